The zero-order chi connectivity index (χ0) is 17.4. The van der Waals surface area contributed by atoms with Crippen LogP contribution in [0, 0.1) is 0 Å². The number of aromatic nitrogens is 1. The van der Waals surface area contributed by atoms with E-state index in [9.17, 15) is 0 Å². The molecule has 0 radical (unpaired) electrons. The maximum absolute atomic E-state index is 9.10. The van der Waals surface area contributed by atoms with Crippen molar-refractivity contribution < 1.29 is 19.8 Å². The molecule has 1 aliphatic heterocycles. The van der Waals surface area contributed by atoms with E-state index in [1.54, 1.807) is 0 Å². The van der Waals surface area contributed by atoms with Crippen molar-refractivity contribution in [1.82, 2.24) is 14.8 Å². The van der Waals surface area contributed by atoms with Crippen LogP contribution in [0.4, 0.5) is 0 Å². The molecule has 1 aromatic heterocycles. The van der Waals surface area contributed by atoms with Gasteiger partial charge in [-0.1, -0.05) is 12.8 Å². The van der Waals surface area contributed by atoms with Gasteiger partial charge in [0.25, 0.3) is 0 Å². The lowest BCUT2D eigenvalue weighted by Gasteiger charge is -2.38. The zero-order valence-electron chi connectivity index (χ0n) is 13.8. The largest absolute Gasteiger partial charge is 0.473 e. The Bertz CT molecular complexity index is 512. The average Bonchev–Trinajstić information content (AvgIpc) is 3.11. The summed E-state index contributed by atoms with van der Waals surface area (Å²) in [6.45, 7) is 6.05. The van der Waals surface area contributed by atoms with E-state index in [2.05, 4.69) is 26.9 Å². The van der Waals surface area contributed by atoms with E-state index >= 15 is 0 Å². The van der Waals surface area contributed by atoms with Gasteiger partial charge in [0.15, 0.2) is 0 Å². The summed E-state index contributed by atoms with van der Waals surface area (Å²) in [6.07, 6.45) is 9.55. The molecule has 24 heavy (non-hydrogen) atoms. The van der Waals surface area contributed by atoms with E-state index in [-0.39, 0.29) is 0 Å². The molecule has 0 amide bonds. The summed E-state index contributed by atoms with van der Waals surface area (Å²) in [6, 6.07) is 5.15. The summed E-state index contributed by atoms with van der Waals surface area (Å²) in [7, 11) is 0. The van der Waals surface area contributed by atoms with E-state index < -0.39 is 11.9 Å². The number of carboxylic acids is 2. The second-order valence-electron chi connectivity index (χ2n) is 6.22. The molecular formula is C17H25N3O4. The third-order valence-corrected chi connectivity index (χ3v) is 4.59. The number of rotatable bonds is 3. The average molecular weight is 335 g/mol. The second kappa shape index (κ2) is 9.34. The number of pyridine rings is 1. The normalized spacial score (nSPS) is 19.5. The van der Waals surface area contributed by atoms with Crippen LogP contribution in [0.25, 0.3) is 0 Å². The van der Waals surface area contributed by atoms with Crippen LogP contribution in [0.3, 0.4) is 0 Å². The summed E-state index contributed by atoms with van der Waals surface area (Å²) in [4.78, 5) is 27.6. The van der Waals surface area contributed by atoms with Crippen LogP contribution in [0.15, 0.2) is 24.5 Å². The predicted molar refractivity (Wildman–Crippen MR) is 88.6 cm³/mol. The molecule has 1 aliphatic carbocycles. The Morgan fingerprint density at radius 3 is 2.04 bits per heavy atom. The number of piperazine rings is 1. The first-order valence-corrected chi connectivity index (χ1v) is 8.38. The van der Waals surface area contributed by atoms with Gasteiger partial charge in [-0.25, -0.2) is 9.59 Å². The van der Waals surface area contributed by atoms with Crippen LogP contribution in [0.2, 0.25) is 0 Å². The fourth-order valence-corrected chi connectivity index (χ4v) is 3.30. The Morgan fingerprint density at radius 2 is 1.54 bits per heavy atom. The first-order valence-electron chi connectivity index (χ1n) is 8.38. The van der Waals surface area contributed by atoms with Crippen molar-refractivity contribution in [2.75, 3.05) is 26.2 Å². The van der Waals surface area contributed by atoms with Gasteiger partial charge in [-0.3, -0.25) is 14.8 Å². The monoisotopic (exact) mass is 335 g/mol. The van der Waals surface area contributed by atoms with Crippen LogP contribution in [-0.4, -0.2) is 69.2 Å². The minimum atomic E-state index is -1.82. The molecule has 7 heteroatoms. The molecule has 0 aromatic carbocycles. The minimum absolute atomic E-state index is 0.896. The number of hydrogen-bond acceptors (Lipinski definition) is 5. The highest BCUT2D eigenvalue weighted by molar-refractivity contribution is 6.27. The zero-order valence-corrected chi connectivity index (χ0v) is 13.8. The summed E-state index contributed by atoms with van der Waals surface area (Å²) >= 11 is 0. The number of nitrogens with zero attached hydrogens (tertiary/aromatic N) is 3. The number of hydrogen-bond donors (Lipinski definition) is 2. The molecule has 2 aliphatic rings. The van der Waals surface area contributed by atoms with Crippen molar-refractivity contribution >= 4 is 11.9 Å². The van der Waals surface area contributed by atoms with Gasteiger partial charge in [-0.05, 0) is 30.5 Å². The van der Waals surface area contributed by atoms with Gasteiger partial charge in [-0.15, -0.1) is 0 Å². The smallest absolute Gasteiger partial charge is 0.414 e. The second-order valence-corrected chi connectivity index (χ2v) is 6.22. The highest BCUT2D eigenvalue weighted by atomic mass is 16.4. The van der Waals surface area contributed by atoms with E-state index in [4.69, 9.17) is 19.8 Å². The van der Waals surface area contributed by atoms with Crippen LogP contribution < -0.4 is 0 Å². The van der Waals surface area contributed by atoms with Gasteiger partial charge >= 0.3 is 11.9 Å². The predicted octanol–water partition coefficient (Wildman–Crippen LogP) is 1.30. The lowest BCUT2D eigenvalue weighted by Crippen LogP contribution is -2.49. The van der Waals surface area contributed by atoms with Crippen molar-refractivity contribution in [1.29, 1.82) is 0 Å². The van der Waals surface area contributed by atoms with Crippen molar-refractivity contribution in [3.8, 4) is 0 Å². The third kappa shape index (κ3) is 5.90. The number of aliphatic carboxylic acids is 2. The van der Waals surface area contributed by atoms with E-state index in [1.807, 2.05) is 12.4 Å². The SMILES string of the molecule is O=C(O)C(=O)O.c1cc(CN2CCN(C3CCCC3)CC2)ccn1. The lowest BCUT2D eigenvalue weighted by molar-refractivity contribution is -0.159. The Labute approximate surface area is 141 Å². The standard InChI is InChI=1S/C15H23N3.C2H2O4/c1-2-4-15(3-1)18-11-9-17(10-12-18)13-14-5-7-16-8-6-14;3-1(4)2(5)6/h5-8,15H,1-4,9-13H2;(H,3,4)(H,5,6). The summed E-state index contributed by atoms with van der Waals surface area (Å²) in [5.74, 6) is -3.65. The van der Waals surface area contributed by atoms with E-state index in [0.29, 0.717) is 0 Å². The first kappa shape index (κ1) is 18.4. The summed E-state index contributed by atoms with van der Waals surface area (Å²) in [5.41, 5.74) is 1.39. The van der Waals surface area contributed by atoms with Gasteiger partial charge in [0, 0.05) is 51.2 Å². The molecule has 7 nitrogen and oxygen atoms in total. The van der Waals surface area contributed by atoms with Crippen molar-refractivity contribution in [2.24, 2.45) is 0 Å². The third-order valence-electron chi connectivity index (χ3n) is 4.59. The molecule has 2 fully saturated rings. The van der Waals surface area contributed by atoms with Crippen LogP contribution in [-0.2, 0) is 16.1 Å². The Kier molecular flexibility index (Phi) is 7.14. The first-order chi connectivity index (χ1) is 11.6. The highest BCUT2D eigenvalue weighted by Gasteiger charge is 2.25. The molecule has 3 rings (SSSR count). The van der Waals surface area contributed by atoms with Gasteiger partial charge in [0.2, 0.25) is 0 Å². The van der Waals surface area contributed by atoms with E-state index in [0.717, 1.165) is 12.6 Å². The molecule has 0 bridgehead atoms. The van der Waals surface area contributed by atoms with Crippen molar-refractivity contribution in [3.05, 3.63) is 30.1 Å². The van der Waals surface area contributed by atoms with E-state index in [1.165, 1.54) is 57.4 Å². The molecule has 2 heterocycles. The fourth-order valence-electron chi connectivity index (χ4n) is 3.30. The molecule has 1 saturated heterocycles. The Balaban J connectivity index is 0.000000301. The van der Waals surface area contributed by atoms with Gasteiger partial charge in [0.05, 0.1) is 0 Å². The van der Waals surface area contributed by atoms with Crippen molar-refractivity contribution in [2.45, 2.75) is 38.3 Å². The number of carbonyl (C=O) groups is 2. The van der Waals surface area contributed by atoms with Crippen LogP contribution in [0.5, 0.6) is 0 Å². The maximum Gasteiger partial charge on any atom is 0.414 e. The van der Waals surface area contributed by atoms with Crippen molar-refractivity contribution in [3.63, 3.8) is 0 Å². The molecule has 1 aromatic rings. The molecule has 132 valence electrons. The molecule has 1 saturated carbocycles. The number of carboxylic acid groups (broad SMARTS) is 2. The van der Waals surface area contributed by atoms with Crippen LogP contribution in [0.1, 0.15) is 31.2 Å². The van der Waals surface area contributed by atoms with Gasteiger partial charge < -0.3 is 10.2 Å². The van der Waals surface area contributed by atoms with Crippen LogP contribution >= 0.6 is 0 Å². The quantitative estimate of drug-likeness (QED) is 0.804. The van der Waals surface area contributed by atoms with Gasteiger partial charge in [-0.2, -0.15) is 0 Å². The summed E-state index contributed by atoms with van der Waals surface area (Å²) < 4.78 is 0. The lowest BCUT2D eigenvalue weighted by atomic mass is 10.1. The molecular weight excluding hydrogens is 310 g/mol. The Morgan fingerprint density at radius 1 is 1.00 bits per heavy atom. The fraction of sp³-hybridized carbons (Fsp3) is 0.588. The highest BCUT2D eigenvalue weighted by Crippen LogP contribution is 2.24. The molecule has 0 atom stereocenters. The maximum atomic E-state index is 9.10. The molecule has 0 spiro atoms. The minimum Gasteiger partial charge on any atom is -0.473 e. The summed E-state index contributed by atoms with van der Waals surface area (Å²) in [5, 5.41) is 14.8. The topological polar surface area (TPSA) is 94.0 Å². The molecule has 2 N–H and O–H groups in total. The van der Waals surface area contributed by atoms with Gasteiger partial charge in [0.1, 0.15) is 0 Å². The molecule has 0 unspecified atom stereocenters. The Hall–Kier alpha value is -1.99.